The molecule has 0 amide bonds. The molecule has 0 spiro atoms. The van der Waals surface area contributed by atoms with Crippen LogP contribution in [0.4, 0.5) is 0 Å². The Bertz CT molecular complexity index is 850. The van der Waals surface area contributed by atoms with Crippen LogP contribution < -0.4 is 4.74 Å². The maximum atomic E-state index is 9.64. The molecule has 3 nitrogen and oxygen atoms in total. The minimum atomic E-state index is 0.454. The van der Waals surface area contributed by atoms with Gasteiger partial charge >= 0.3 is 0 Å². The lowest BCUT2D eigenvalue weighted by molar-refractivity contribution is 0.0951. The van der Waals surface area contributed by atoms with Crippen molar-refractivity contribution in [3.05, 3.63) is 71.3 Å². The average molecular weight is 344 g/mol. The maximum absolute atomic E-state index is 9.64. The minimum Gasteiger partial charge on any atom is -0.495 e. The smallest absolute Gasteiger partial charge is 0.137 e. The van der Waals surface area contributed by atoms with Crippen LogP contribution in [0.15, 0.2) is 54.6 Å². The van der Waals surface area contributed by atoms with Crippen LogP contribution >= 0.6 is 0 Å². The molecule has 3 heteroatoms. The predicted octanol–water partition coefficient (Wildman–Crippen LogP) is 4.78. The Morgan fingerprint density at radius 3 is 2.69 bits per heavy atom. The van der Waals surface area contributed by atoms with E-state index in [0.717, 1.165) is 18.5 Å². The van der Waals surface area contributed by atoms with Crippen LogP contribution in [0.5, 0.6) is 5.75 Å². The first-order valence-corrected chi connectivity index (χ1v) is 9.38. The molecule has 1 fully saturated rings. The molecule has 26 heavy (non-hydrogen) atoms. The van der Waals surface area contributed by atoms with E-state index in [1.807, 2.05) is 12.1 Å². The number of fused-ring (bicyclic) bond motifs is 2. The van der Waals surface area contributed by atoms with Gasteiger partial charge in [-0.1, -0.05) is 55.0 Å². The minimum absolute atomic E-state index is 0.454. The van der Waals surface area contributed by atoms with E-state index in [2.05, 4.69) is 53.4 Å². The van der Waals surface area contributed by atoms with Crippen LogP contribution in [0.1, 0.15) is 42.4 Å². The highest BCUT2D eigenvalue weighted by atomic mass is 16.5. The van der Waals surface area contributed by atoms with Crippen LogP contribution in [0, 0.1) is 11.3 Å². The van der Waals surface area contributed by atoms with Crippen molar-refractivity contribution >= 4 is 5.57 Å². The Morgan fingerprint density at radius 1 is 1.12 bits per heavy atom. The van der Waals surface area contributed by atoms with Gasteiger partial charge < -0.3 is 4.74 Å². The number of nitriles is 1. The van der Waals surface area contributed by atoms with E-state index >= 15 is 0 Å². The lowest BCUT2D eigenvalue weighted by atomic mass is 9.81. The normalized spacial score (nSPS) is 22.4. The van der Waals surface area contributed by atoms with Crippen LogP contribution in [0.2, 0.25) is 0 Å². The van der Waals surface area contributed by atoms with E-state index in [0.29, 0.717) is 23.4 Å². The highest BCUT2D eigenvalue weighted by molar-refractivity contribution is 5.74. The van der Waals surface area contributed by atoms with Crippen LogP contribution in [0.3, 0.4) is 0 Å². The van der Waals surface area contributed by atoms with Crippen LogP contribution in [0.25, 0.3) is 5.57 Å². The molecule has 0 N–H and O–H groups in total. The van der Waals surface area contributed by atoms with Crippen molar-refractivity contribution < 1.29 is 4.74 Å². The first-order chi connectivity index (χ1) is 12.8. The lowest BCUT2D eigenvalue weighted by Gasteiger charge is -2.45. The molecule has 2 atom stereocenters. The summed E-state index contributed by atoms with van der Waals surface area (Å²) in [5.74, 6) is 0.669. The molecule has 2 heterocycles. The fraction of sp³-hybridized carbons (Fsp3) is 0.348. The second kappa shape index (κ2) is 7.35. The third kappa shape index (κ3) is 3.13. The zero-order chi connectivity index (χ0) is 17.9. The summed E-state index contributed by atoms with van der Waals surface area (Å²) < 4.78 is 5.40. The number of rotatable bonds is 4. The quantitative estimate of drug-likeness (QED) is 0.801. The summed E-state index contributed by atoms with van der Waals surface area (Å²) in [5.41, 5.74) is 4.39. The van der Waals surface area contributed by atoms with E-state index < -0.39 is 0 Å². The summed E-state index contributed by atoms with van der Waals surface area (Å²) in [6.07, 6.45) is 7.11. The second-order valence-corrected chi connectivity index (χ2v) is 7.20. The fourth-order valence-electron chi connectivity index (χ4n) is 4.44. The number of ether oxygens (including phenoxy) is 1. The maximum Gasteiger partial charge on any atom is 0.137 e. The summed E-state index contributed by atoms with van der Waals surface area (Å²) in [6.45, 7) is 1.00. The number of benzene rings is 2. The fourth-order valence-corrected chi connectivity index (χ4v) is 4.44. The summed E-state index contributed by atoms with van der Waals surface area (Å²) in [7, 11) is 1.63. The van der Waals surface area contributed by atoms with Gasteiger partial charge in [0.1, 0.15) is 17.4 Å². The molecule has 2 aliphatic heterocycles. The average Bonchev–Trinajstić information content (AvgIpc) is 2.68. The molecule has 132 valence electrons. The molecule has 0 aliphatic carbocycles. The van der Waals surface area contributed by atoms with Gasteiger partial charge in [-0.15, -0.1) is 0 Å². The van der Waals surface area contributed by atoms with E-state index in [4.69, 9.17) is 4.74 Å². The zero-order valence-corrected chi connectivity index (χ0v) is 15.2. The highest BCUT2D eigenvalue weighted by Gasteiger charge is 2.34. The Kier molecular flexibility index (Phi) is 4.77. The second-order valence-electron chi connectivity index (χ2n) is 7.20. The summed E-state index contributed by atoms with van der Waals surface area (Å²) in [5, 5.41) is 9.64. The van der Waals surface area contributed by atoms with Gasteiger partial charge in [-0.05, 0) is 42.0 Å². The molecule has 2 aromatic carbocycles. The third-order valence-corrected chi connectivity index (χ3v) is 5.69. The Labute approximate surface area is 155 Å². The van der Waals surface area contributed by atoms with Crippen molar-refractivity contribution in [3.8, 4) is 11.8 Å². The van der Waals surface area contributed by atoms with E-state index in [1.165, 1.54) is 30.4 Å². The van der Waals surface area contributed by atoms with Crippen molar-refractivity contribution in [2.24, 2.45) is 0 Å². The molecule has 0 aromatic heterocycles. The highest BCUT2D eigenvalue weighted by Crippen LogP contribution is 2.39. The largest absolute Gasteiger partial charge is 0.495 e. The molecule has 2 aromatic rings. The monoisotopic (exact) mass is 344 g/mol. The molecule has 2 unspecified atom stereocenters. The van der Waals surface area contributed by atoms with Gasteiger partial charge in [0.15, 0.2) is 0 Å². The topological polar surface area (TPSA) is 36.3 Å². The van der Waals surface area contributed by atoms with Gasteiger partial charge in [-0.25, -0.2) is 0 Å². The number of hydrogen-bond donors (Lipinski definition) is 0. The Hall–Kier alpha value is -2.57. The molecule has 1 saturated heterocycles. The summed E-state index contributed by atoms with van der Waals surface area (Å²) in [6, 6.07) is 20.0. The first-order valence-electron chi connectivity index (χ1n) is 9.38. The van der Waals surface area contributed by atoms with Gasteiger partial charge in [-0.3, -0.25) is 4.90 Å². The van der Waals surface area contributed by atoms with Crippen molar-refractivity contribution in [1.29, 1.82) is 5.26 Å². The number of hydrogen-bond acceptors (Lipinski definition) is 3. The molecule has 2 aliphatic rings. The standard InChI is InChI=1S/C23H24N2O/c1-26-23-12-6-11-21(22(23)15-24)18-13-19-9-5-10-20(14-18)25(19)16-17-7-3-2-4-8-17/h2-4,6-8,11-13,19-20H,5,9-10,14,16H2,1H3. The Morgan fingerprint density at radius 2 is 1.96 bits per heavy atom. The number of nitrogens with zero attached hydrogens (tertiary/aromatic N) is 2. The van der Waals surface area contributed by atoms with E-state index in [-0.39, 0.29) is 0 Å². The van der Waals surface area contributed by atoms with Crippen molar-refractivity contribution in [2.75, 3.05) is 7.11 Å². The van der Waals surface area contributed by atoms with Crippen molar-refractivity contribution in [1.82, 2.24) is 4.90 Å². The van der Waals surface area contributed by atoms with Gasteiger partial charge in [0.2, 0.25) is 0 Å². The molecular formula is C23H24N2O. The number of methoxy groups -OCH3 is 1. The summed E-state index contributed by atoms with van der Waals surface area (Å²) >= 11 is 0. The van der Waals surface area contributed by atoms with Crippen LogP contribution in [-0.2, 0) is 6.54 Å². The van der Waals surface area contributed by atoms with E-state index in [9.17, 15) is 5.26 Å². The zero-order valence-electron chi connectivity index (χ0n) is 15.2. The molecule has 2 bridgehead atoms. The van der Waals surface area contributed by atoms with Gasteiger partial charge in [0, 0.05) is 18.6 Å². The molecule has 0 saturated carbocycles. The predicted molar refractivity (Wildman–Crippen MR) is 104 cm³/mol. The number of piperidine rings is 1. The van der Waals surface area contributed by atoms with Crippen LogP contribution in [-0.4, -0.2) is 24.1 Å². The van der Waals surface area contributed by atoms with Gasteiger partial charge in [-0.2, -0.15) is 5.26 Å². The molecule has 4 rings (SSSR count). The lowest BCUT2D eigenvalue weighted by Crippen LogP contribution is -2.47. The van der Waals surface area contributed by atoms with Gasteiger partial charge in [0.05, 0.1) is 7.11 Å². The third-order valence-electron chi connectivity index (χ3n) is 5.69. The molecular weight excluding hydrogens is 320 g/mol. The molecule has 0 radical (unpaired) electrons. The summed E-state index contributed by atoms with van der Waals surface area (Å²) in [4.78, 5) is 2.65. The van der Waals surface area contributed by atoms with Crippen molar-refractivity contribution in [2.45, 2.75) is 44.3 Å². The Balaban J connectivity index is 1.66. The van der Waals surface area contributed by atoms with E-state index in [1.54, 1.807) is 7.11 Å². The van der Waals surface area contributed by atoms with Gasteiger partial charge in [0.25, 0.3) is 0 Å². The SMILES string of the molecule is COc1cccc(C2=CC3CCCC(C2)N3Cc2ccccc2)c1C#N. The van der Waals surface area contributed by atoms with Crippen molar-refractivity contribution in [3.63, 3.8) is 0 Å². The first kappa shape index (κ1) is 16.9.